The lowest BCUT2D eigenvalue weighted by Crippen LogP contribution is -2.43. The van der Waals surface area contributed by atoms with Gasteiger partial charge in [0.2, 0.25) is 0 Å². The van der Waals surface area contributed by atoms with Crippen molar-refractivity contribution >= 4 is 17.4 Å². The fourth-order valence-corrected chi connectivity index (χ4v) is 3.99. The number of pyridine rings is 1. The lowest BCUT2D eigenvalue weighted by atomic mass is 10.1. The van der Waals surface area contributed by atoms with Gasteiger partial charge in [0.1, 0.15) is 0 Å². The smallest absolute Gasteiger partial charge is 0.328 e. The number of likely N-dealkylation sites (N-methyl/N-ethyl adjacent to an activating group) is 1. The van der Waals surface area contributed by atoms with Crippen molar-refractivity contribution in [1.29, 1.82) is 0 Å². The molecule has 5 N–H and O–H groups in total. The maximum absolute atomic E-state index is 13.8. The van der Waals surface area contributed by atoms with Crippen LogP contribution < -0.4 is 22.2 Å². The first-order valence-electron chi connectivity index (χ1n) is 11.8. The zero-order valence-corrected chi connectivity index (χ0v) is 21.5. The summed E-state index contributed by atoms with van der Waals surface area (Å²) in [6.45, 7) is 7.30. The standard InChI is InChI=1S/C22H33F2N7O.C2H4O2/c1-5-15(2)31-12-11-29(21(31)32)13-19(28(4)26)20(25)17-7-8-18(16(3)27-17)30-10-6-9-22(23,24)14-30;1-2(3)4/h7-8,11-12,15H,5-6,9-10,13-14,25-26H2,1-4H3;1H3,(H,3,4)/b20-19-;. The molecule has 0 bridgehead atoms. The summed E-state index contributed by atoms with van der Waals surface area (Å²) in [6.07, 6.45) is 4.65. The second kappa shape index (κ2) is 12.0. The number of piperidine rings is 1. The SMILES string of the molecule is CC(=O)O.CCC(C)n1ccn(C/C(=C(/N)c2ccc(N3CCCC(F)(F)C3)c(C)n2)N(C)N)c1=O. The van der Waals surface area contributed by atoms with Gasteiger partial charge in [-0.15, -0.1) is 0 Å². The lowest BCUT2D eigenvalue weighted by molar-refractivity contribution is -0.134. The van der Waals surface area contributed by atoms with Crippen LogP contribution in [-0.4, -0.2) is 56.3 Å². The molecule has 3 rings (SSSR count). The highest BCUT2D eigenvalue weighted by atomic mass is 19.3. The second-order valence-corrected chi connectivity index (χ2v) is 9.05. The molecule has 200 valence electrons. The molecule has 0 amide bonds. The third kappa shape index (κ3) is 7.30. The van der Waals surface area contributed by atoms with E-state index in [-0.39, 0.29) is 31.2 Å². The van der Waals surface area contributed by atoms with Crippen LogP contribution in [-0.2, 0) is 11.3 Å². The number of alkyl halides is 2. The summed E-state index contributed by atoms with van der Waals surface area (Å²) >= 11 is 0. The summed E-state index contributed by atoms with van der Waals surface area (Å²) in [7, 11) is 1.65. The molecule has 1 aliphatic heterocycles. The van der Waals surface area contributed by atoms with E-state index >= 15 is 0 Å². The van der Waals surface area contributed by atoms with Gasteiger partial charge in [-0.05, 0) is 38.8 Å². The number of nitrogens with two attached hydrogens (primary N) is 2. The summed E-state index contributed by atoms with van der Waals surface area (Å²) in [6, 6.07) is 3.57. The van der Waals surface area contributed by atoms with Gasteiger partial charge < -0.3 is 20.7 Å². The van der Waals surface area contributed by atoms with Crippen LogP contribution in [0.4, 0.5) is 14.5 Å². The van der Waals surface area contributed by atoms with Crippen LogP contribution in [0.3, 0.4) is 0 Å². The number of carbonyl (C=O) groups is 1. The lowest BCUT2D eigenvalue weighted by Gasteiger charge is -2.34. The molecule has 36 heavy (non-hydrogen) atoms. The van der Waals surface area contributed by atoms with Gasteiger partial charge >= 0.3 is 5.69 Å². The number of carboxylic acid groups (broad SMARTS) is 1. The largest absolute Gasteiger partial charge is 0.481 e. The first-order valence-corrected chi connectivity index (χ1v) is 11.8. The Morgan fingerprint density at radius 3 is 2.50 bits per heavy atom. The Hall–Kier alpha value is -3.41. The van der Waals surface area contributed by atoms with Crippen molar-refractivity contribution in [1.82, 2.24) is 19.1 Å². The van der Waals surface area contributed by atoms with E-state index in [4.69, 9.17) is 21.5 Å². The Morgan fingerprint density at radius 1 is 1.33 bits per heavy atom. The first-order chi connectivity index (χ1) is 16.8. The number of allylic oxidation sites excluding steroid dienone is 1. The molecule has 2 aromatic heterocycles. The number of imidazole rings is 1. The van der Waals surface area contributed by atoms with Crippen LogP contribution in [0.1, 0.15) is 57.5 Å². The molecule has 0 aliphatic carbocycles. The van der Waals surface area contributed by atoms with E-state index in [1.807, 2.05) is 13.8 Å². The molecule has 1 atom stereocenters. The average Bonchev–Trinajstić information content (AvgIpc) is 3.15. The summed E-state index contributed by atoms with van der Waals surface area (Å²) in [5, 5.41) is 8.79. The minimum atomic E-state index is -2.70. The van der Waals surface area contributed by atoms with Crippen molar-refractivity contribution < 1.29 is 18.7 Å². The van der Waals surface area contributed by atoms with E-state index in [1.54, 1.807) is 52.5 Å². The van der Waals surface area contributed by atoms with Crippen molar-refractivity contribution in [2.75, 3.05) is 25.0 Å². The Kier molecular flexibility index (Phi) is 9.62. The fourth-order valence-electron chi connectivity index (χ4n) is 3.99. The number of rotatable bonds is 7. The summed E-state index contributed by atoms with van der Waals surface area (Å²) in [5.41, 5.74) is 8.89. The van der Waals surface area contributed by atoms with Gasteiger partial charge in [0, 0.05) is 45.4 Å². The molecule has 3 heterocycles. The van der Waals surface area contributed by atoms with Crippen molar-refractivity contribution in [2.24, 2.45) is 11.6 Å². The van der Waals surface area contributed by atoms with Gasteiger partial charge in [0.15, 0.2) is 0 Å². The van der Waals surface area contributed by atoms with Crippen LogP contribution in [0, 0.1) is 6.92 Å². The van der Waals surface area contributed by atoms with Crippen LogP contribution in [0.15, 0.2) is 35.0 Å². The van der Waals surface area contributed by atoms with Gasteiger partial charge in [-0.2, -0.15) is 0 Å². The van der Waals surface area contributed by atoms with E-state index in [0.717, 1.165) is 13.3 Å². The average molecular weight is 510 g/mol. The van der Waals surface area contributed by atoms with Crippen molar-refractivity contribution in [2.45, 2.75) is 65.5 Å². The topological polar surface area (TPSA) is 136 Å². The molecule has 0 aromatic carbocycles. The van der Waals surface area contributed by atoms with Crippen molar-refractivity contribution in [3.05, 3.63) is 52.1 Å². The second-order valence-electron chi connectivity index (χ2n) is 9.05. The number of anilines is 1. The Balaban J connectivity index is 0.00000106. The van der Waals surface area contributed by atoms with E-state index < -0.39 is 11.9 Å². The molecule has 12 heteroatoms. The first kappa shape index (κ1) is 28.8. The van der Waals surface area contributed by atoms with Gasteiger partial charge in [-0.3, -0.25) is 13.9 Å². The maximum Gasteiger partial charge on any atom is 0.328 e. The molecule has 0 spiro atoms. The molecular formula is C24H37F2N7O3. The molecule has 0 saturated carbocycles. The van der Waals surface area contributed by atoms with Crippen LogP contribution >= 0.6 is 0 Å². The normalized spacial score (nSPS) is 16.5. The monoisotopic (exact) mass is 509 g/mol. The molecule has 10 nitrogen and oxygen atoms in total. The molecule has 0 radical (unpaired) electrons. The minimum absolute atomic E-state index is 0.0863. The predicted octanol–water partition coefficient (Wildman–Crippen LogP) is 2.78. The quantitative estimate of drug-likeness (QED) is 0.383. The van der Waals surface area contributed by atoms with Crippen LogP contribution in [0.2, 0.25) is 0 Å². The fraction of sp³-hybridized carbons (Fsp3) is 0.542. The third-order valence-corrected chi connectivity index (χ3v) is 6.06. The summed E-state index contributed by atoms with van der Waals surface area (Å²) < 4.78 is 30.9. The Morgan fingerprint density at radius 2 is 1.97 bits per heavy atom. The van der Waals surface area contributed by atoms with E-state index in [1.165, 1.54) is 5.01 Å². The zero-order valence-electron chi connectivity index (χ0n) is 21.5. The van der Waals surface area contributed by atoms with E-state index in [0.29, 0.717) is 41.4 Å². The number of aryl methyl sites for hydroxylation is 1. The highest BCUT2D eigenvalue weighted by Crippen LogP contribution is 2.31. The van der Waals surface area contributed by atoms with Crippen LogP contribution in [0.5, 0.6) is 0 Å². The van der Waals surface area contributed by atoms with Gasteiger partial charge in [0.25, 0.3) is 11.9 Å². The van der Waals surface area contributed by atoms with Gasteiger partial charge in [-0.1, -0.05) is 6.92 Å². The molecule has 1 saturated heterocycles. The zero-order chi connectivity index (χ0) is 27.2. The number of aliphatic carboxylic acids is 1. The van der Waals surface area contributed by atoms with Gasteiger partial charge in [-0.25, -0.2) is 24.4 Å². The number of nitrogens with zero attached hydrogens (tertiary/aromatic N) is 5. The van der Waals surface area contributed by atoms with E-state index in [9.17, 15) is 13.6 Å². The summed E-state index contributed by atoms with van der Waals surface area (Å²) in [5.74, 6) is 2.50. The van der Waals surface area contributed by atoms with Crippen molar-refractivity contribution in [3.63, 3.8) is 0 Å². The number of carboxylic acids is 1. The Bertz CT molecular complexity index is 1140. The molecule has 1 fully saturated rings. The molecular weight excluding hydrogens is 472 g/mol. The molecule has 2 aromatic rings. The number of hydrogen-bond acceptors (Lipinski definition) is 7. The van der Waals surface area contributed by atoms with Crippen LogP contribution in [0.25, 0.3) is 5.70 Å². The maximum atomic E-state index is 13.8. The highest BCUT2D eigenvalue weighted by molar-refractivity contribution is 5.65. The third-order valence-electron chi connectivity index (χ3n) is 6.06. The molecule has 1 unspecified atom stereocenters. The summed E-state index contributed by atoms with van der Waals surface area (Å²) in [4.78, 5) is 28.0. The van der Waals surface area contributed by atoms with Crippen molar-refractivity contribution in [3.8, 4) is 0 Å². The number of halogens is 2. The number of aromatic nitrogens is 3. The number of hydrazine groups is 1. The highest BCUT2D eigenvalue weighted by Gasteiger charge is 2.35. The predicted molar refractivity (Wildman–Crippen MR) is 135 cm³/mol. The molecule has 1 aliphatic rings. The number of hydrogen-bond donors (Lipinski definition) is 3. The van der Waals surface area contributed by atoms with E-state index in [2.05, 4.69) is 4.98 Å². The Labute approximate surface area is 209 Å². The van der Waals surface area contributed by atoms with Gasteiger partial charge in [0.05, 0.1) is 41.6 Å². The minimum Gasteiger partial charge on any atom is -0.481 e.